The van der Waals surface area contributed by atoms with E-state index >= 15 is 0 Å². The molecule has 7 aromatic rings. The van der Waals surface area contributed by atoms with E-state index in [1.165, 1.54) is 60.8 Å². The Morgan fingerprint density at radius 2 is 0.976 bits per heavy atom. The quantitative estimate of drug-likeness (QED) is 0.219. The number of ether oxygens (including phenoxy) is 1. The van der Waals surface area contributed by atoms with E-state index in [0.717, 1.165) is 17.1 Å². The first-order chi connectivity index (χ1) is 20.8. The van der Waals surface area contributed by atoms with Crippen LogP contribution in [0.1, 0.15) is 22.3 Å². The van der Waals surface area contributed by atoms with E-state index < -0.39 is 0 Å². The van der Waals surface area contributed by atoms with Gasteiger partial charge in [-0.05, 0) is 79.7 Å². The molecule has 7 aromatic carbocycles. The van der Waals surface area contributed by atoms with Crippen molar-refractivity contribution < 1.29 is 4.74 Å². The maximum Gasteiger partial charge on any atom is 0.135 e. The summed E-state index contributed by atoms with van der Waals surface area (Å²) < 4.78 is 6.39. The average molecular weight is 535 g/mol. The molecule has 0 spiro atoms. The van der Waals surface area contributed by atoms with Crippen LogP contribution in [0, 0.1) is 0 Å². The fourth-order valence-electron chi connectivity index (χ4n) is 7.37. The van der Waals surface area contributed by atoms with Gasteiger partial charge in [0.15, 0.2) is 0 Å². The van der Waals surface area contributed by atoms with Gasteiger partial charge in [-0.2, -0.15) is 0 Å². The molecule has 0 aromatic heterocycles. The summed E-state index contributed by atoms with van der Waals surface area (Å²) in [6.45, 7) is 0. The molecule has 0 bridgehead atoms. The summed E-state index contributed by atoms with van der Waals surface area (Å²) in [5, 5.41) is 2.39. The van der Waals surface area contributed by atoms with Crippen molar-refractivity contribution in [2.24, 2.45) is 0 Å². The van der Waals surface area contributed by atoms with E-state index in [0.29, 0.717) is 0 Å². The van der Waals surface area contributed by atoms with Crippen LogP contribution in [0.15, 0.2) is 158 Å². The van der Waals surface area contributed by atoms with Crippen molar-refractivity contribution >= 4 is 10.8 Å². The second kappa shape index (κ2) is 8.80. The Labute approximate surface area is 245 Å². The van der Waals surface area contributed by atoms with E-state index in [2.05, 4.69) is 158 Å². The van der Waals surface area contributed by atoms with Crippen LogP contribution in [0.2, 0.25) is 0 Å². The van der Waals surface area contributed by atoms with Gasteiger partial charge in [0, 0.05) is 10.9 Å². The Balaban J connectivity index is 1.27. The Kier molecular flexibility index (Phi) is 4.88. The van der Waals surface area contributed by atoms with E-state index in [-0.39, 0.29) is 5.41 Å². The first kappa shape index (κ1) is 23.3. The van der Waals surface area contributed by atoms with Crippen molar-refractivity contribution in [2.45, 2.75) is 5.41 Å². The zero-order valence-electron chi connectivity index (χ0n) is 22.9. The van der Waals surface area contributed by atoms with Crippen molar-refractivity contribution in [3.8, 4) is 44.9 Å². The highest BCUT2D eigenvalue weighted by Crippen LogP contribution is 2.57. The Morgan fingerprint density at radius 1 is 0.381 bits per heavy atom. The van der Waals surface area contributed by atoms with Crippen molar-refractivity contribution in [3.63, 3.8) is 0 Å². The molecule has 1 nitrogen and oxygen atoms in total. The molecule has 196 valence electrons. The molecule has 0 amide bonds. The van der Waals surface area contributed by atoms with Crippen molar-refractivity contribution in [3.05, 3.63) is 180 Å². The number of fused-ring (bicyclic) bond motifs is 5. The molecule has 1 aliphatic heterocycles. The van der Waals surface area contributed by atoms with Gasteiger partial charge in [-0.3, -0.25) is 0 Å². The summed E-state index contributed by atoms with van der Waals surface area (Å²) in [6.07, 6.45) is 0. The predicted octanol–water partition coefficient (Wildman–Crippen LogP) is 10.6. The topological polar surface area (TPSA) is 9.23 Å². The molecular formula is C41H26O. The van der Waals surface area contributed by atoms with E-state index in [9.17, 15) is 0 Å². The third-order valence-electron chi connectivity index (χ3n) is 9.15. The molecule has 0 fully saturated rings. The molecule has 0 radical (unpaired) electrons. The largest absolute Gasteiger partial charge is 0.456 e. The van der Waals surface area contributed by atoms with Gasteiger partial charge in [0.25, 0.3) is 0 Å². The van der Waals surface area contributed by atoms with Crippen LogP contribution in [-0.4, -0.2) is 0 Å². The minimum atomic E-state index is -0.379. The Morgan fingerprint density at radius 3 is 1.74 bits per heavy atom. The lowest BCUT2D eigenvalue weighted by Crippen LogP contribution is -2.28. The van der Waals surface area contributed by atoms with Gasteiger partial charge in [-0.1, -0.05) is 133 Å². The molecule has 0 atom stereocenters. The lowest BCUT2D eigenvalue weighted by molar-refractivity contribution is 0.487. The predicted molar refractivity (Wildman–Crippen MR) is 172 cm³/mol. The van der Waals surface area contributed by atoms with Gasteiger partial charge >= 0.3 is 0 Å². The Hall–Kier alpha value is -5.40. The van der Waals surface area contributed by atoms with Crippen molar-refractivity contribution in [2.75, 3.05) is 0 Å². The molecule has 0 saturated carbocycles. The minimum Gasteiger partial charge on any atom is -0.456 e. The number of rotatable bonds is 3. The maximum absolute atomic E-state index is 6.39. The molecule has 0 saturated heterocycles. The van der Waals surface area contributed by atoms with Crippen LogP contribution in [-0.2, 0) is 5.41 Å². The normalized spacial score (nSPS) is 13.6. The molecular weight excluding hydrogens is 508 g/mol. The SMILES string of the molecule is c1ccc(C2(c3ccccc3)c3ccccc3-c3cc(-c4ccc5c(c4)-c4cccc6cccc(c46)O5)ccc32)cc1. The highest BCUT2D eigenvalue weighted by Gasteiger charge is 2.45. The lowest BCUT2D eigenvalue weighted by atomic mass is 9.67. The van der Waals surface area contributed by atoms with Gasteiger partial charge in [0.1, 0.15) is 11.5 Å². The molecule has 2 aliphatic rings. The summed E-state index contributed by atoms with van der Waals surface area (Å²) >= 11 is 0. The highest BCUT2D eigenvalue weighted by atomic mass is 16.5. The maximum atomic E-state index is 6.39. The lowest BCUT2D eigenvalue weighted by Gasteiger charge is -2.33. The summed E-state index contributed by atoms with van der Waals surface area (Å²) in [5.74, 6) is 1.83. The summed E-state index contributed by atoms with van der Waals surface area (Å²) in [6, 6.07) is 57.3. The summed E-state index contributed by atoms with van der Waals surface area (Å²) in [5.41, 5.74) is 12.2. The number of benzene rings is 7. The molecule has 9 rings (SSSR count). The number of hydrogen-bond acceptors (Lipinski definition) is 1. The summed E-state index contributed by atoms with van der Waals surface area (Å²) in [4.78, 5) is 0. The van der Waals surface area contributed by atoms with Crippen LogP contribution in [0.3, 0.4) is 0 Å². The van der Waals surface area contributed by atoms with Crippen LogP contribution in [0.5, 0.6) is 11.5 Å². The van der Waals surface area contributed by atoms with Crippen molar-refractivity contribution in [1.82, 2.24) is 0 Å². The smallest absolute Gasteiger partial charge is 0.135 e. The van der Waals surface area contributed by atoms with Gasteiger partial charge < -0.3 is 4.74 Å². The van der Waals surface area contributed by atoms with E-state index in [1.807, 2.05) is 0 Å². The molecule has 0 N–H and O–H groups in total. The first-order valence-electron chi connectivity index (χ1n) is 14.5. The molecule has 42 heavy (non-hydrogen) atoms. The van der Waals surface area contributed by atoms with Gasteiger partial charge in [0.05, 0.1) is 5.41 Å². The zero-order valence-corrected chi connectivity index (χ0v) is 22.9. The van der Waals surface area contributed by atoms with Gasteiger partial charge in [0.2, 0.25) is 0 Å². The summed E-state index contributed by atoms with van der Waals surface area (Å²) in [7, 11) is 0. The molecule has 0 unspecified atom stereocenters. The van der Waals surface area contributed by atoms with Crippen LogP contribution < -0.4 is 4.74 Å². The van der Waals surface area contributed by atoms with E-state index in [1.54, 1.807) is 0 Å². The monoisotopic (exact) mass is 534 g/mol. The fraction of sp³-hybridized carbons (Fsp3) is 0.0244. The second-order valence-corrected chi connectivity index (χ2v) is 11.3. The van der Waals surface area contributed by atoms with Crippen LogP contribution in [0.4, 0.5) is 0 Å². The zero-order chi connectivity index (χ0) is 27.7. The minimum absolute atomic E-state index is 0.379. The van der Waals surface area contributed by atoms with Gasteiger partial charge in [-0.15, -0.1) is 0 Å². The van der Waals surface area contributed by atoms with Crippen LogP contribution >= 0.6 is 0 Å². The molecule has 1 heteroatoms. The van der Waals surface area contributed by atoms with Crippen molar-refractivity contribution in [1.29, 1.82) is 0 Å². The molecule has 1 heterocycles. The third kappa shape index (κ3) is 3.14. The first-order valence-corrected chi connectivity index (χ1v) is 14.5. The second-order valence-electron chi connectivity index (χ2n) is 11.3. The fourth-order valence-corrected chi connectivity index (χ4v) is 7.37. The Bertz CT molecular complexity index is 2110. The number of hydrogen-bond donors (Lipinski definition) is 0. The third-order valence-corrected chi connectivity index (χ3v) is 9.15. The standard InChI is InChI=1S/C41H26O/c1-3-13-30(14-4-1)41(31-15-5-2-6-16-31)36-19-8-7-17-32(36)34-25-28(21-23-37(34)41)29-22-24-38-35(26-29)33-18-9-11-27-12-10-20-39(42-38)40(27)33/h1-26H. The average Bonchev–Trinajstić information content (AvgIpc) is 3.36. The van der Waals surface area contributed by atoms with Crippen LogP contribution in [0.25, 0.3) is 44.2 Å². The highest BCUT2D eigenvalue weighted by molar-refractivity contribution is 6.04. The molecule has 1 aliphatic carbocycles. The van der Waals surface area contributed by atoms with Gasteiger partial charge in [-0.25, -0.2) is 0 Å². The van der Waals surface area contributed by atoms with E-state index in [4.69, 9.17) is 4.74 Å².